The first-order valence-corrected chi connectivity index (χ1v) is 4.61. The lowest BCUT2D eigenvalue weighted by Crippen LogP contribution is -2.33. The van der Waals surface area contributed by atoms with Crippen LogP contribution >= 0.6 is 0 Å². The quantitative estimate of drug-likeness (QED) is 0.192. The van der Waals surface area contributed by atoms with Gasteiger partial charge in [-0.3, -0.25) is 0 Å². The van der Waals surface area contributed by atoms with Gasteiger partial charge in [-0.25, -0.2) is 0 Å². The van der Waals surface area contributed by atoms with E-state index in [0.717, 1.165) is 0 Å². The first-order chi connectivity index (χ1) is 7.76. The smallest absolute Gasteiger partial charge is 0.146 e. The zero-order valence-electron chi connectivity index (χ0n) is 9.40. The molecule has 8 heteroatoms. The summed E-state index contributed by atoms with van der Waals surface area (Å²) in [6, 6.07) is -0.711. The lowest BCUT2D eigenvalue weighted by molar-refractivity contribution is -0.0821. The van der Waals surface area contributed by atoms with Crippen LogP contribution in [0.1, 0.15) is 0 Å². The molecule has 0 fully saturated rings. The van der Waals surface area contributed by atoms with E-state index in [1.165, 1.54) is 14.2 Å². The first-order valence-electron chi connectivity index (χ1n) is 4.61. The molecule has 0 rings (SSSR count). The van der Waals surface area contributed by atoms with E-state index >= 15 is 0 Å². The number of azide groups is 1. The summed E-state index contributed by atoms with van der Waals surface area (Å²) in [6.07, 6.45) is -0.942. The van der Waals surface area contributed by atoms with Gasteiger partial charge in [-0.1, -0.05) is 5.11 Å². The van der Waals surface area contributed by atoms with E-state index in [0.29, 0.717) is 0 Å². The summed E-state index contributed by atoms with van der Waals surface area (Å²) in [6.45, 7) is 0.214. The Kier molecular flexibility index (Phi) is 10.0. The Bertz CT molecular complexity index is 210. The van der Waals surface area contributed by atoms with Crippen LogP contribution in [-0.4, -0.2) is 58.3 Å². The fraction of sp³-hybridized carbons (Fsp3) is 1.00. The van der Waals surface area contributed by atoms with E-state index in [2.05, 4.69) is 19.5 Å². The zero-order chi connectivity index (χ0) is 12.2. The molecule has 0 radical (unpaired) electrons. The van der Waals surface area contributed by atoms with Crippen LogP contribution in [0.25, 0.3) is 10.4 Å². The van der Waals surface area contributed by atoms with Crippen molar-refractivity contribution in [3.8, 4) is 0 Å². The third-order valence-electron chi connectivity index (χ3n) is 1.62. The number of nitrogens with zero attached hydrogens (tertiary/aromatic N) is 3. The van der Waals surface area contributed by atoms with E-state index in [1.807, 2.05) is 0 Å². The van der Waals surface area contributed by atoms with Crippen molar-refractivity contribution in [2.45, 2.75) is 12.1 Å². The molecule has 0 aliphatic carbocycles. The van der Waals surface area contributed by atoms with Crippen molar-refractivity contribution in [2.24, 2.45) is 5.11 Å². The van der Waals surface area contributed by atoms with E-state index in [1.54, 1.807) is 0 Å². The molecule has 94 valence electrons. The molecule has 0 aromatic rings. The monoisotopic (exact) mass is 235 g/mol. The van der Waals surface area contributed by atoms with Gasteiger partial charge in [0.25, 0.3) is 0 Å². The lowest BCUT2D eigenvalue weighted by atomic mass is 10.2. The SMILES string of the molecule is COCOC[C@H](N=[N+]=[N-])[C@@H](O)COCOC. The van der Waals surface area contributed by atoms with Gasteiger partial charge in [-0.2, -0.15) is 0 Å². The minimum Gasteiger partial charge on any atom is -0.390 e. The van der Waals surface area contributed by atoms with E-state index < -0.39 is 12.1 Å². The maximum Gasteiger partial charge on any atom is 0.146 e. The van der Waals surface area contributed by atoms with Gasteiger partial charge in [0.1, 0.15) is 13.6 Å². The van der Waals surface area contributed by atoms with Gasteiger partial charge in [0.2, 0.25) is 0 Å². The maximum atomic E-state index is 9.60. The third kappa shape index (κ3) is 7.41. The number of rotatable bonds is 10. The zero-order valence-corrected chi connectivity index (χ0v) is 9.40. The van der Waals surface area contributed by atoms with Gasteiger partial charge >= 0.3 is 0 Å². The van der Waals surface area contributed by atoms with Crippen LogP contribution in [0.5, 0.6) is 0 Å². The predicted octanol–water partition coefficient (Wildman–Crippen LogP) is 0.267. The Balaban J connectivity index is 3.92. The second-order valence-electron chi connectivity index (χ2n) is 2.89. The summed E-state index contributed by atoms with van der Waals surface area (Å²) in [7, 11) is 2.94. The molecule has 0 heterocycles. The Hall–Kier alpha value is -0.890. The highest BCUT2D eigenvalue weighted by Crippen LogP contribution is 2.02. The maximum absolute atomic E-state index is 9.60. The van der Waals surface area contributed by atoms with E-state index in [9.17, 15) is 5.11 Å². The number of aliphatic hydroxyl groups excluding tert-OH is 1. The molecule has 16 heavy (non-hydrogen) atoms. The molecule has 0 aliphatic rings. The molecule has 2 atom stereocenters. The van der Waals surface area contributed by atoms with Crippen molar-refractivity contribution in [1.82, 2.24) is 0 Å². The van der Waals surface area contributed by atoms with Crippen molar-refractivity contribution < 1.29 is 24.1 Å². The highest BCUT2D eigenvalue weighted by Gasteiger charge is 2.18. The van der Waals surface area contributed by atoms with Crippen LogP contribution < -0.4 is 0 Å². The van der Waals surface area contributed by atoms with Crippen molar-refractivity contribution in [1.29, 1.82) is 0 Å². The van der Waals surface area contributed by atoms with Gasteiger partial charge in [0.15, 0.2) is 0 Å². The second-order valence-corrected chi connectivity index (χ2v) is 2.89. The molecule has 0 spiro atoms. The van der Waals surface area contributed by atoms with Crippen LogP contribution in [0.4, 0.5) is 0 Å². The number of ether oxygens (including phenoxy) is 4. The van der Waals surface area contributed by atoms with Crippen LogP contribution in [0, 0.1) is 0 Å². The van der Waals surface area contributed by atoms with Gasteiger partial charge in [-0.05, 0) is 5.53 Å². The minimum absolute atomic E-state index is 0.00781. The summed E-state index contributed by atoms with van der Waals surface area (Å²) in [5.74, 6) is 0. The normalized spacial score (nSPS) is 14.2. The molecular weight excluding hydrogens is 218 g/mol. The fourth-order valence-electron chi connectivity index (χ4n) is 0.903. The van der Waals surface area contributed by atoms with Crippen LogP contribution in [0.15, 0.2) is 5.11 Å². The largest absolute Gasteiger partial charge is 0.390 e. The Labute approximate surface area is 93.7 Å². The van der Waals surface area contributed by atoms with Crippen LogP contribution in [-0.2, 0) is 18.9 Å². The summed E-state index contributed by atoms with van der Waals surface area (Å²) in [5, 5.41) is 13.0. The topological polar surface area (TPSA) is 106 Å². The minimum atomic E-state index is -0.942. The Morgan fingerprint density at radius 3 is 2.25 bits per heavy atom. The van der Waals surface area contributed by atoms with Crippen molar-refractivity contribution in [3.63, 3.8) is 0 Å². The fourth-order valence-corrected chi connectivity index (χ4v) is 0.903. The highest BCUT2D eigenvalue weighted by molar-refractivity contribution is 4.75. The van der Waals surface area contributed by atoms with Gasteiger partial charge < -0.3 is 24.1 Å². The molecule has 1 N–H and O–H groups in total. The first kappa shape index (κ1) is 15.1. The molecule has 0 aromatic heterocycles. The molecular formula is C8H17N3O5. The predicted molar refractivity (Wildman–Crippen MR) is 54.6 cm³/mol. The Morgan fingerprint density at radius 1 is 1.19 bits per heavy atom. The van der Waals surface area contributed by atoms with Gasteiger partial charge in [0, 0.05) is 19.1 Å². The third-order valence-corrected chi connectivity index (χ3v) is 1.62. The highest BCUT2D eigenvalue weighted by atomic mass is 16.7. The van der Waals surface area contributed by atoms with Crippen LogP contribution in [0.3, 0.4) is 0 Å². The average Bonchev–Trinajstić information content (AvgIpc) is 2.28. The molecule has 0 unspecified atom stereocenters. The second kappa shape index (κ2) is 10.6. The van der Waals surface area contributed by atoms with Crippen LogP contribution in [0.2, 0.25) is 0 Å². The number of hydrogen-bond donors (Lipinski definition) is 1. The number of methoxy groups -OCH3 is 2. The van der Waals surface area contributed by atoms with E-state index in [-0.39, 0.29) is 26.8 Å². The summed E-state index contributed by atoms with van der Waals surface area (Å²) >= 11 is 0. The molecule has 8 nitrogen and oxygen atoms in total. The molecule has 0 aromatic carbocycles. The summed E-state index contributed by atoms with van der Waals surface area (Å²) < 4.78 is 19.2. The standard InChI is InChI=1S/C8H17N3O5/c1-13-5-15-3-7(10-11-9)8(12)4-16-6-14-2/h7-8,12H,3-6H2,1-2H3/t7-,8-/m0/s1. The summed E-state index contributed by atoms with van der Waals surface area (Å²) in [4.78, 5) is 2.62. The van der Waals surface area contributed by atoms with Crippen molar-refractivity contribution in [3.05, 3.63) is 10.4 Å². The van der Waals surface area contributed by atoms with Gasteiger partial charge in [-0.15, -0.1) is 0 Å². The van der Waals surface area contributed by atoms with Crippen molar-refractivity contribution in [2.75, 3.05) is 41.0 Å². The number of hydrogen-bond acceptors (Lipinski definition) is 6. The average molecular weight is 235 g/mol. The lowest BCUT2D eigenvalue weighted by Gasteiger charge is -2.17. The molecule has 0 saturated carbocycles. The molecule has 0 aliphatic heterocycles. The summed E-state index contributed by atoms with van der Waals surface area (Å²) in [5.41, 5.74) is 8.31. The molecule has 0 amide bonds. The van der Waals surface area contributed by atoms with E-state index in [4.69, 9.17) is 15.0 Å². The van der Waals surface area contributed by atoms with Gasteiger partial charge in [0.05, 0.1) is 25.4 Å². The number of aliphatic hydroxyl groups is 1. The molecule has 0 bridgehead atoms. The molecule has 0 saturated heterocycles. The Morgan fingerprint density at radius 2 is 1.75 bits per heavy atom. The van der Waals surface area contributed by atoms with Crippen molar-refractivity contribution >= 4 is 0 Å².